The molecule has 0 bridgehead atoms. The standard InChI is InChI=1S/C35H34ClN3O6S/c1-5-32(35(42)38-28-19-24(36)15-17-30(28)44-3)46-27-13-9-12-25(20-27)37-34(41)29(39-33(40)22-10-7-6-8-11-22)18-23-14-16-26(43-2)21-31(23)45-4/h6-21,32H,5H2,1-4H3,(H,37,41)(H,38,42)(H,39,40)/b29-18+. The minimum Gasteiger partial charge on any atom is -0.497 e. The normalized spacial score (nSPS) is 11.6. The number of amides is 3. The largest absolute Gasteiger partial charge is 0.497 e. The van der Waals surface area contributed by atoms with Crippen LogP contribution in [0, 0.1) is 0 Å². The van der Waals surface area contributed by atoms with Crippen LogP contribution in [0.1, 0.15) is 29.3 Å². The molecule has 0 fully saturated rings. The zero-order valence-corrected chi connectivity index (χ0v) is 27.3. The maximum Gasteiger partial charge on any atom is 0.272 e. The van der Waals surface area contributed by atoms with Gasteiger partial charge in [0.15, 0.2) is 0 Å². The predicted octanol–water partition coefficient (Wildman–Crippen LogP) is 7.28. The zero-order valence-electron chi connectivity index (χ0n) is 25.8. The fraction of sp³-hybridized carbons (Fsp3) is 0.171. The van der Waals surface area contributed by atoms with E-state index in [0.29, 0.717) is 51.2 Å². The molecule has 0 aliphatic heterocycles. The molecule has 0 radical (unpaired) electrons. The first-order valence-electron chi connectivity index (χ1n) is 14.3. The molecule has 0 saturated heterocycles. The summed E-state index contributed by atoms with van der Waals surface area (Å²) < 4.78 is 16.1. The average molecular weight is 660 g/mol. The lowest BCUT2D eigenvalue weighted by molar-refractivity contribution is -0.116. The van der Waals surface area contributed by atoms with Crippen LogP contribution in [-0.4, -0.2) is 44.3 Å². The van der Waals surface area contributed by atoms with Gasteiger partial charge in [-0.05, 0) is 73.2 Å². The third-order valence-electron chi connectivity index (χ3n) is 6.72. The van der Waals surface area contributed by atoms with E-state index in [-0.39, 0.29) is 11.6 Å². The van der Waals surface area contributed by atoms with Crippen LogP contribution in [0.5, 0.6) is 17.2 Å². The molecule has 0 aromatic heterocycles. The van der Waals surface area contributed by atoms with Crippen LogP contribution in [0.4, 0.5) is 11.4 Å². The molecular formula is C35H34ClN3O6S. The Labute approximate surface area is 277 Å². The third kappa shape index (κ3) is 9.06. The maximum atomic E-state index is 13.6. The van der Waals surface area contributed by atoms with Gasteiger partial charge in [-0.3, -0.25) is 14.4 Å². The van der Waals surface area contributed by atoms with Crippen molar-refractivity contribution in [3.63, 3.8) is 0 Å². The van der Waals surface area contributed by atoms with Gasteiger partial charge in [0.05, 0.1) is 32.3 Å². The topological polar surface area (TPSA) is 115 Å². The second-order valence-corrected chi connectivity index (χ2v) is 11.5. The van der Waals surface area contributed by atoms with Gasteiger partial charge in [0.1, 0.15) is 22.9 Å². The third-order valence-corrected chi connectivity index (χ3v) is 8.32. The summed E-state index contributed by atoms with van der Waals surface area (Å²) in [4.78, 5) is 40.7. The summed E-state index contributed by atoms with van der Waals surface area (Å²) >= 11 is 7.48. The van der Waals surface area contributed by atoms with Crippen molar-refractivity contribution in [2.45, 2.75) is 23.5 Å². The summed E-state index contributed by atoms with van der Waals surface area (Å²) in [6.45, 7) is 1.91. The Morgan fingerprint density at radius 3 is 2.28 bits per heavy atom. The Kier molecular flexibility index (Phi) is 12.1. The molecule has 3 N–H and O–H groups in total. The molecule has 1 atom stereocenters. The van der Waals surface area contributed by atoms with Gasteiger partial charge in [0.25, 0.3) is 11.8 Å². The van der Waals surface area contributed by atoms with Crippen LogP contribution in [0.15, 0.2) is 102 Å². The highest BCUT2D eigenvalue weighted by molar-refractivity contribution is 8.00. The summed E-state index contributed by atoms with van der Waals surface area (Å²) in [6, 6.07) is 25.9. The number of thioether (sulfide) groups is 1. The van der Waals surface area contributed by atoms with Gasteiger partial charge in [0, 0.05) is 32.8 Å². The number of carbonyl (C=O) groups is 3. The van der Waals surface area contributed by atoms with Crippen molar-refractivity contribution in [2.24, 2.45) is 0 Å². The molecule has 4 aromatic rings. The first-order chi connectivity index (χ1) is 22.2. The van der Waals surface area contributed by atoms with Crippen LogP contribution in [0.3, 0.4) is 0 Å². The Hall–Kier alpha value is -4.93. The fourth-order valence-corrected chi connectivity index (χ4v) is 5.54. The Bertz CT molecular complexity index is 1730. The highest BCUT2D eigenvalue weighted by Crippen LogP contribution is 2.32. The van der Waals surface area contributed by atoms with E-state index >= 15 is 0 Å². The lowest BCUT2D eigenvalue weighted by Gasteiger charge is -2.17. The summed E-state index contributed by atoms with van der Waals surface area (Å²) in [5.74, 6) is 0.307. The maximum absolute atomic E-state index is 13.6. The van der Waals surface area contributed by atoms with Crippen LogP contribution in [0.25, 0.3) is 6.08 Å². The van der Waals surface area contributed by atoms with Crippen molar-refractivity contribution in [1.82, 2.24) is 5.32 Å². The number of rotatable bonds is 13. The number of hydrogen-bond donors (Lipinski definition) is 3. The predicted molar refractivity (Wildman–Crippen MR) is 183 cm³/mol. The number of nitrogens with one attached hydrogen (secondary N) is 3. The van der Waals surface area contributed by atoms with E-state index in [1.807, 2.05) is 13.0 Å². The van der Waals surface area contributed by atoms with Crippen molar-refractivity contribution in [3.05, 3.63) is 113 Å². The van der Waals surface area contributed by atoms with Gasteiger partial charge >= 0.3 is 0 Å². The molecule has 0 saturated carbocycles. The highest BCUT2D eigenvalue weighted by atomic mass is 35.5. The number of hydrogen-bond acceptors (Lipinski definition) is 7. The average Bonchev–Trinajstić information content (AvgIpc) is 3.07. The van der Waals surface area contributed by atoms with E-state index in [1.165, 1.54) is 32.1 Å². The molecular weight excluding hydrogens is 626 g/mol. The highest BCUT2D eigenvalue weighted by Gasteiger charge is 2.21. The van der Waals surface area contributed by atoms with Crippen molar-refractivity contribution >= 4 is 58.5 Å². The van der Waals surface area contributed by atoms with Crippen molar-refractivity contribution < 1.29 is 28.6 Å². The fourth-order valence-electron chi connectivity index (χ4n) is 4.36. The number of anilines is 2. The molecule has 1 unspecified atom stereocenters. The lowest BCUT2D eigenvalue weighted by atomic mass is 10.1. The molecule has 11 heteroatoms. The van der Waals surface area contributed by atoms with E-state index in [4.69, 9.17) is 25.8 Å². The second-order valence-electron chi connectivity index (χ2n) is 9.82. The first kappa shape index (κ1) is 34.0. The number of benzene rings is 4. The van der Waals surface area contributed by atoms with Crippen molar-refractivity contribution in [3.8, 4) is 17.2 Å². The Morgan fingerprint density at radius 1 is 0.826 bits per heavy atom. The number of halogens is 1. The van der Waals surface area contributed by atoms with E-state index in [0.717, 1.165) is 4.90 Å². The van der Waals surface area contributed by atoms with Crippen molar-refractivity contribution in [2.75, 3.05) is 32.0 Å². The van der Waals surface area contributed by atoms with Crippen LogP contribution >= 0.6 is 23.4 Å². The summed E-state index contributed by atoms with van der Waals surface area (Å²) in [5, 5.41) is 8.53. The van der Waals surface area contributed by atoms with E-state index in [9.17, 15) is 14.4 Å². The lowest BCUT2D eigenvalue weighted by Crippen LogP contribution is -2.30. The zero-order chi connectivity index (χ0) is 33.1. The Balaban J connectivity index is 1.55. The van der Waals surface area contributed by atoms with Crippen molar-refractivity contribution in [1.29, 1.82) is 0 Å². The molecule has 238 valence electrons. The minimum atomic E-state index is -0.554. The molecule has 3 amide bonds. The molecule has 4 aromatic carbocycles. The van der Waals surface area contributed by atoms with Gasteiger partial charge in [0.2, 0.25) is 5.91 Å². The Morgan fingerprint density at radius 2 is 1.59 bits per heavy atom. The van der Waals surface area contributed by atoms with E-state index in [1.54, 1.807) is 92.0 Å². The van der Waals surface area contributed by atoms with Gasteiger partial charge < -0.3 is 30.2 Å². The van der Waals surface area contributed by atoms with Gasteiger partial charge in [-0.15, -0.1) is 11.8 Å². The van der Waals surface area contributed by atoms with Gasteiger partial charge in [-0.2, -0.15) is 0 Å². The number of carbonyl (C=O) groups excluding carboxylic acids is 3. The first-order valence-corrected chi connectivity index (χ1v) is 15.5. The molecule has 9 nitrogen and oxygen atoms in total. The SMILES string of the molecule is CCC(Sc1cccc(NC(=O)/C(=C\c2ccc(OC)cc2OC)NC(=O)c2ccccc2)c1)C(=O)Nc1cc(Cl)ccc1OC. The van der Waals surface area contributed by atoms with E-state index < -0.39 is 17.1 Å². The molecule has 0 spiro atoms. The van der Waals surface area contributed by atoms with E-state index in [2.05, 4.69) is 16.0 Å². The quantitative estimate of drug-likeness (QED) is 0.102. The summed E-state index contributed by atoms with van der Waals surface area (Å²) in [6.07, 6.45) is 2.08. The molecule has 0 aliphatic carbocycles. The molecule has 0 heterocycles. The monoisotopic (exact) mass is 659 g/mol. The van der Waals surface area contributed by atoms with Crippen LogP contribution < -0.4 is 30.2 Å². The van der Waals surface area contributed by atoms with Crippen LogP contribution in [0.2, 0.25) is 5.02 Å². The summed E-state index contributed by atoms with van der Waals surface area (Å²) in [7, 11) is 4.57. The summed E-state index contributed by atoms with van der Waals surface area (Å²) in [5.41, 5.74) is 1.89. The number of methoxy groups -OCH3 is 3. The molecule has 4 rings (SSSR count). The second kappa shape index (κ2) is 16.4. The smallest absolute Gasteiger partial charge is 0.272 e. The van der Waals surface area contributed by atoms with Gasteiger partial charge in [-0.25, -0.2) is 0 Å². The molecule has 0 aliphatic rings. The van der Waals surface area contributed by atoms with Gasteiger partial charge in [-0.1, -0.05) is 42.8 Å². The minimum absolute atomic E-state index is 0.00309. The number of ether oxygens (including phenoxy) is 3. The van der Waals surface area contributed by atoms with Crippen LogP contribution in [-0.2, 0) is 9.59 Å². The molecule has 46 heavy (non-hydrogen) atoms.